The molecule has 14 nitrogen and oxygen atoms in total. The Hall–Kier alpha value is -2.24. The first-order valence-electron chi connectivity index (χ1n) is 8.99. The average Bonchev–Trinajstić information content (AvgIpc) is 3.32. The van der Waals surface area contributed by atoms with Gasteiger partial charge in [-0.3, -0.25) is 9.88 Å². The van der Waals surface area contributed by atoms with Gasteiger partial charge >= 0.3 is 6.09 Å². The minimum absolute atomic E-state index is 0.0982. The van der Waals surface area contributed by atoms with Gasteiger partial charge in [0.25, 0.3) is 0 Å². The predicted molar refractivity (Wildman–Crippen MR) is 110 cm³/mol. The SMILES string of the molecule is O=NOCCSSCCOC(=O)Nc1ncnc2c1ncn2C1O[C@H](CO)[C@@H](O)[C@H]1O. The van der Waals surface area contributed by atoms with Gasteiger partial charge in [-0.05, 0) is 0 Å². The van der Waals surface area contributed by atoms with Crippen molar-refractivity contribution in [3.63, 3.8) is 0 Å². The first kappa shape index (κ1) is 23.4. The average molecular weight is 476 g/mol. The maximum Gasteiger partial charge on any atom is 0.412 e. The molecule has 2 aromatic rings. The van der Waals surface area contributed by atoms with Crippen LogP contribution in [0.3, 0.4) is 0 Å². The molecule has 3 rings (SSSR count). The van der Waals surface area contributed by atoms with Crippen molar-refractivity contribution in [2.45, 2.75) is 24.5 Å². The molecule has 0 aliphatic carbocycles. The number of rotatable bonds is 11. The molecule has 1 amide bonds. The first-order chi connectivity index (χ1) is 15.1. The highest BCUT2D eigenvalue weighted by Crippen LogP contribution is 2.32. The zero-order valence-corrected chi connectivity index (χ0v) is 17.6. The number of hydrogen-bond acceptors (Lipinski definition) is 14. The van der Waals surface area contributed by atoms with Gasteiger partial charge < -0.3 is 29.6 Å². The highest BCUT2D eigenvalue weighted by molar-refractivity contribution is 8.76. The van der Waals surface area contributed by atoms with Gasteiger partial charge in [0.1, 0.15) is 37.9 Å². The summed E-state index contributed by atoms with van der Waals surface area (Å²) in [5, 5.41) is 34.2. The van der Waals surface area contributed by atoms with E-state index >= 15 is 0 Å². The lowest BCUT2D eigenvalue weighted by Gasteiger charge is -2.16. The number of nitrogens with zero attached hydrogens (tertiary/aromatic N) is 5. The molecule has 16 heteroatoms. The Labute approximate surface area is 183 Å². The summed E-state index contributed by atoms with van der Waals surface area (Å²) in [6, 6.07) is 0. The molecule has 4 atom stereocenters. The lowest BCUT2D eigenvalue weighted by Crippen LogP contribution is -2.33. The molecule has 0 spiro atoms. The number of carbonyl (C=O) groups is 1. The normalized spacial score (nSPS) is 23.1. The molecule has 2 aromatic heterocycles. The lowest BCUT2D eigenvalue weighted by atomic mass is 10.1. The van der Waals surface area contributed by atoms with Gasteiger partial charge in [-0.25, -0.2) is 19.7 Å². The third kappa shape index (κ3) is 5.72. The minimum Gasteiger partial charge on any atom is -0.448 e. The second kappa shape index (κ2) is 11.4. The van der Waals surface area contributed by atoms with E-state index in [9.17, 15) is 25.0 Å². The van der Waals surface area contributed by atoms with Gasteiger partial charge in [0.15, 0.2) is 28.5 Å². The standard InChI is InChI=1S/C15H20N6O8S2/c22-5-8-10(23)11(24)14(29-8)21-7-18-9-12(16-6-17-13(9)21)19-15(25)27-1-3-30-31-4-2-28-20-26/h6-8,10-11,14,22-24H,1-5H2,(H,16,17,19,25)/t8-,10-,11-,14?/m1/s1. The van der Waals surface area contributed by atoms with Crippen LogP contribution in [0.2, 0.25) is 0 Å². The molecule has 1 aliphatic heterocycles. The molecule has 31 heavy (non-hydrogen) atoms. The van der Waals surface area contributed by atoms with Crippen LogP contribution in [0.1, 0.15) is 6.23 Å². The maximum atomic E-state index is 12.0. The number of anilines is 1. The number of imidazole rings is 1. The van der Waals surface area contributed by atoms with Gasteiger partial charge in [0, 0.05) is 11.5 Å². The Morgan fingerprint density at radius 1 is 1.23 bits per heavy atom. The van der Waals surface area contributed by atoms with Crippen LogP contribution < -0.4 is 5.32 Å². The largest absolute Gasteiger partial charge is 0.448 e. The van der Waals surface area contributed by atoms with Crippen LogP contribution >= 0.6 is 21.6 Å². The first-order valence-corrected chi connectivity index (χ1v) is 11.5. The van der Waals surface area contributed by atoms with Gasteiger partial charge in [0.2, 0.25) is 0 Å². The van der Waals surface area contributed by atoms with Crippen molar-refractivity contribution in [2.24, 2.45) is 5.34 Å². The van der Waals surface area contributed by atoms with Crippen LogP contribution in [0.25, 0.3) is 11.2 Å². The monoisotopic (exact) mass is 476 g/mol. The van der Waals surface area contributed by atoms with E-state index in [4.69, 9.17) is 9.47 Å². The fraction of sp³-hybridized carbons (Fsp3) is 0.600. The molecule has 3 heterocycles. The number of ether oxygens (including phenoxy) is 2. The summed E-state index contributed by atoms with van der Waals surface area (Å²) in [4.78, 5) is 38.4. The van der Waals surface area contributed by atoms with Crippen LogP contribution in [-0.4, -0.2) is 90.6 Å². The summed E-state index contributed by atoms with van der Waals surface area (Å²) in [6.07, 6.45) is -2.75. The minimum atomic E-state index is -1.30. The fourth-order valence-corrected chi connectivity index (χ4v) is 4.41. The Kier molecular flexibility index (Phi) is 8.61. The van der Waals surface area contributed by atoms with Crippen molar-refractivity contribution < 1.29 is 34.4 Å². The molecule has 170 valence electrons. The topological polar surface area (TPSA) is 191 Å². The number of nitrogens with one attached hydrogen (secondary N) is 1. The van der Waals surface area contributed by atoms with E-state index in [0.29, 0.717) is 11.5 Å². The molecule has 1 unspecified atom stereocenters. The summed E-state index contributed by atoms with van der Waals surface area (Å²) >= 11 is 0. The van der Waals surface area contributed by atoms with E-state index in [2.05, 4.69) is 30.4 Å². The van der Waals surface area contributed by atoms with Crippen molar-refractivity contribution in [3.05, 3.63) is 17.6 Å². The van der Waals surface area contributed by atoms with Crippen molar-refractivity contribution >= 4 is 44.7 Å². The lowest BCUT2D eigenvalue weighted by molar-refractivity contribution is -0.0511. The maximum absolute atomic E-state index is 12.0. The molecule has 1 fully saturated rings. The molecule has 0 radical (unpaired) electrons. The molecular formula is C15H20N6O8S2. The third-order valence-corrected chi connectivity index (χ3v) is 6.50. The molecule has 1 aliphatic rings. The van der Waals surface area contributed by atoms with E-state index in [-0.39, 0.29) is 30.2 Å². The molecular weight excluding hydrogens is 456 g/mol. The van der Waals surface area contributed by atoms with E-state index in [1.807, 2.05) is 0 Å². The van der Waals surface area contributed by atoms with Crippen LogP contribution in [-0.2, 0) is 14.3 Å². The summed E-state index contributed by atoms with van der Waals surface area (Å²) < 4.78 is 12.0. The van der Waals surface area contributed by atoms with Gasteiger partial charge in [-0.15, -0.1) is 4.91 Å². The quantitative estimate of drug-likeness (QED) is 0.147. The molecule has 0 bridgehead atoms. The van der Waals surface area contributed by atoms with E-state index in [1.54, 1.807) is 0 Å². The molecule has 4 N–H and O–H groups in total. The molecule has 0 saturated carbocycles. The fourth-order valence-electron chi connectivity index (χ4n) is 2.77. The summed E-state index contributed by atoms with van der Waals surface area (Å²) in [5.41, 5.74) is 0.477. The number of carbonyl (C=O) groups excluding carboxylic acids is 1. The number of amides is 1. The van der Waals surface area contributed by atoms with Crippen molar-refractivity contribution in [3.8, 4) is 0 Å². The van der Waals surface area contributed by atoms with Crippen molar-refractivity contribution in [1.29, 1.82) is 0 Å². The van der Waals surface area contributed by atoms with Crippen molar-refractivity contribution in [2.75, 3.05) is 36.6 Å². The molecule has 1 saturated heterocycles. The Bertz CT molecular complexity index is 888. The van der Waals surface area contributed by atoms with E-state index in [1.165, 1.54) is 38.8 Å². The Balaban J connectivity index is 1.55. The van der Waals surface area contributed by atoms with Crippen LogP contribution in [0.5, 0.6) is 0 Å². The number of aliphatic hydroxyl groups is 3. The smallest absolute Gasteiger partial charge is 0.412 e. The zero-order valence-electron chi connectivity index (χ0n) is 15.9. The Morgan fingerprint density at radius 2 is 2.00 bits per heavy atom. The van der Waals surface area contributed by atoms with Gasteiger partial charge in [0.05, 0.1) is 12.9 Å². The van der Waals surface area contributed by atoms with E-state index < -0.39 is 37.2 Å². The van der Waals surface area contributed by atoms with E-state index in [0.717, 1.165) is 0 Å². The summed E-state index contributed by atoms with van der Waals surface area (Å²) in [6.45, 7) is -0.113. The third-order valence-electron chi connectivity index (χ3n) is 4.16. The number of hydrogen-bond donors (Lipinski definition) is 4. The number of fused-ring (bicyclic) bond motifs is 1. The number of aromatic nitrogens is 4. The predicted octanol–water partition coefficient (Wildman–Crippen LogP) is 0.0657. The molecule has 0 aromatic carbocycles. The second-order valence-electron chi connectivity index (χ2n) is 6.09. The van der Waals surface area contributed by atoms with Crippen LogP contribution in [0.4, 0.5) is 10.6 Å². The number of aliphatic hydroxyl groups excluding tert-OH is 3. The van der Waals surface area contributed by atoms with Gasteiger partial charge in [-0.1, -0.05) is 21.6 Å². The Morgan fingerprint density at radius 3 is 2.71 bits per heavy atom. The van der Waals surface area contributed by atoms with Gasteiger partial charge in [-0.2, -0.15) is 0 Å². The van der Waals surface area contributed by atoms with Crippen molar-refractivity contribution in [1.82, 2.24) is 19.5 Å². The summed E-state index contributed by atoms with van der Waals surface area (Å²) in [5.74, 6) is 1.19. The van der Waals surface area contributed by atoms with Crippen LogP contribution in [0, 0.1) is 4.91 Å². The summed E-state index contributed by atoms with van der Waals surface area (Å²) in [7, 11) is 2.89. The van der Waals surface area contributed by atoms with Crippen LogP contribution in [0.15, 0.2) is 18.0 Å². The highest BCUT2D eigenvalue weighted by atomic mass is 33.1. The zero-order chi connectivity index (χ0) is 22.2. The highest BCUT2D eigenvalue weighted by Gasteiger charge is 2.44. The second-order valence-corrected chi connectivity index (χ2v) is 8.79.